The summed E-state index contributed by atoms with van der Waals surface area (Å²) in [5.74, 6) is -2.14. The summed E-state index contributed by atoms with van der Waals surface area (Å²) in [5.41, 5.74) is 2.06. The van der Waals surface area contributed by atoms with E-state index >= 15 is 0 Å². The summed E-state index contributed by atoms with van der Waals surface area (Å²) in [6.07, 6.45) is 0. The van der Waals surface area contributed by atoms with Crippen LogP contribution in [0.2, 0.25) is 0 Å². The zero-order valence-corrected chi connectivity index (χ0v) is 11.9. The topological polar surface area (TPSA) is 92.4 Å². The van der Waals surface area contributed by atoms with E-state index in [1.54, 1.807) is 12.1 Å². The van der Waals surface area contributed by atoms with Crippen LogP contribution in [0.25, 0.3) is 16.9 Å². The number of hydrogen-bond acceptors (Lipinski definition) is 3. The third-order valence-electron chi connectivity index (χ3n) is 3.36. The average molecular weight is 308 g/mol. The Morgan fingerprint density at radius 3 is 2.09 bits per heavy atom. The van der Waals surface area contributed by atoms with E-state index in [0.29, 0.717) is 11.3 Å². The van der Waals surface area contributed by atoms with Gasteiger partial charge in [0, 0.05) is 5.56 Å². The van der Waals surface area contributed by atoms with E-state index in [4.69, 9.17) is 5.11 Å². The minimum absolute atomic E-state index is 0.0776. The van der Waals surface area contributed by atoms with Crippen LogP contribution in [0.4, 0.5) is 0 Å². The van der Waals surface area contributed by atoms with Crippen molar-refractivity contribution < 1.29 is 19.8 Å². The van der Waals surface area contributed by atoms with E-state index in [-0.39, 0.29) is 11.3 Å². The van der Waals surface area contributed by atoms with E-state index in [1.165, 1.54) is 22.9 Å². The summed E-state index contributed by atoms with van der Waals surface area (Å²) < 4.78 is 1.53. The number of carboxylic acids is 2. The Kier molecular flexibility index (Phi) is 3.64. The molecule has 23 heavy (non-hydrogen) atoms. The number of para-hydroxylation sites is 1. The molecular weight excluding hydrogens is 296 g/mol. The number of hydrogen-bond donors (Lipinski definition) is 2. The lowest BCUT2D eigenvalue weighted by atomic mass is 10.1. The maximum Gasteiger partial charge on any atom is 0.356 e. The molecule has 0 bridgehead atoms. The number of benzene rings is 2. The van der Waals surface area contributed by atoms with E-state index in [1.807, 2.05) is 30.3 Å². The summed E-state index contributed by atoms with van der Waals surface area (Å²) in [7, 11) is 0. The van der Waals surface area contributed by atoms with Crippen molar-refractivity contribution in [1.82, 2.24) is 9.78 Å². The highest BCUT2D eigenvalue weighted by Crippen LogP contribution is 2.24. The van der Waals surface area contributed by atoms with Crippen LogP contribution in [0.5, 0.6) is 0 Å². The molecule has 0 unspecified atom stereocenters. The molecule has 0 aliphatic rings. The van der Waals surface area contributed by atoms with Crippen LogP contribution in [0.15, 0.2) is 60.7 Å². The lowest BCUT2D eigenvalue weighted by molar-refractivity contribution is 0.0682. The van der Waals surface area contributed by atoms with Gasteiger partial charge in [-0.3, -0.25) is 0 Å². The van der Waals surface area contributed by atoms with Crippen LogP contribution < -0.4 is 0 Å². The van der Waals surface area contributed by atoms with Crippen LogP contribution in [-0.4, -0.2) is 31.9 Å². The SMILES string of the molecule is O=C(O)c1ccc(-c2cc(C(=O)O)nn2-c2ccccc2)cc1. The Balaban J connectivity index is 2.14. The normalized spacial score (nSPS) is 10.4. The van der Waals surface area contributed by atoms with Crippen molar-refractivity contribution in [3.8, 4) is 16.9 Å². The zero-order valence-electron chi connectivity index (χ0n) is 11.9. The Labute approximate surface area is 131 Å². The molecule has 1 aromatic heterocycles. The third kappa shape index (κ3) is 2.82. The standard InChI is InChI=1S/C17H12N2O4/c20-16(21)12-8-6-11(7-9-12)15-10-14(17(22)23)18-19(15)13-4-2-1-3-5-13/h1-10H,(H,20,21)(H,22,23). The summed E-state index contributed by atoms with van der Waals surface area (Å²) in [4.78, 5) is 22.2. The first-order valence-electron chi connectivity index (χ1n) is 6.79. The molecular formula is C17H12N2O4. The molecule has 6 nitrogen and oxygen atoms in total. The molecule has 0 saturated heterocycles. The van der Waals surface area contributed by atoms with Crippen molar-refractivity contribution in [2.45, 2.75) is 0 Å². The quantitative estimate of drug-likeness (QED) is 0.773. The molecule has 2 aromatic carbocycles. The Bertz CT molecular complexity index is 867. The zero-order chi connectivity index (χ0) is 16.4. The first kappa shape index (κ1) is 14.5. The highest BCUT2D eigenvalue weighted by atomic mass is 16.4. The second kappa shape index (κ2) is 5.76. The van der Waals surface area contributed by atoms with Crippen molar-refractivity contribution in [2.75, 3.05) is 0 Å². The molecule has 0 saturated carbocycles. The molecule has 0 amide bonds. The molecule has 0 fully saturated rings. The Hall–Kier alpha value is -3.41. The minimum atomic E-state index is -1.12. The van der Waals surface area contributed by atoms with Crippen molar-refractivity contribution in [1.29, 1.82) is 0 Å². The molecule has 1 heterocycles. The first-order valence-corrected chi connectivity index (χ1v) is 6.79. The molecule has 0 aliphatic carbocycles. The minimum Gasteiger partial charge on any atom is -0.478 e. The van der Waals surface area contributed by atoms with Crippen LogP contribution in [0, 0.1) is 0 Å². The number of carbonyl (C=O) groups is 2. The second-order valence-electron chi connectivity index (χ2n) is 4.85. The fourth-order valence-corrected chi connectivity index (χ4v) is 2.24. The lowest BCUT2D eigenvalue weighted by Gasteiger charge is -2.07. The van der Waals surface area contributed by atoms with Gasteiger partial charge in [0.15, 0.2) is 5.69 Å². The Morgan fingerprint density at radius 2 is 1.52 bits per heavy atom. The monoisotopic (exact) mass is 308 g/mol. The molecule has 0 spiro atoms. The van der Waals surface area contributed by atoms with Crippen molar-refractivity contribution >= 4 is 11.9 Å². The fourth-order valence-electron chi connectivity index (χ4n) is 2.24. The van der Waals surface area contributed by atoms with Crippen molar-refractivity contribution in [3.05, 3.63) is 71.9 Å². The van der Waals surface area contributed by atoms with Gasteiger partial charge in [-0.1, -0.05) is 30.3 Å². The molecule has 3 rings (SSSR count). The summed E-state index contributed by atoms with van der Waals surface area (Å²) in [6, 6.07) is 16.8. The molecule has 0 aliphatic heterocycles. The van der Waals surface area contributed by atoms with Gasteiger partial charge in [0.05, 0.1) is 16.9 Å². The van der Waals surface area contributed by atoms with E-state index in [2.05, 4.69) is 5.10 Å². The van der Waals surface area contributed by atoms with E-state index in [9.17, 15) is 14.7 Å². The maximum atomic E-state index is 11.2. The van der Waals surface area contributed by atoms with Gasteiger partial charge >= 0.3 is 11.9 Å². The number of nitrogens with zero attached hydrogens (tertiary/aromatic N) is 2. The number of aromatic nitrogens is 2. The number of carboxylic acid groups (broad SMARTS) is 2. The predicted molar refractivity (Wildman–Crippen MR) is 82.9 cm³/mol. The average Bonchev–Trinajstić information content (AvgIpc) is 3.01. The van der Waals surface area contributed by atoms with Crippen molar-refractivity contribution in [3.63, 3.8) is 0 Å². The highest BCUT2D eigenvalue weighted by Gasteiger charge is 2.16. The van der Waals surface area contributed by atoms with E-state index < -0.39 is 11.9 Å². The molecule has 6 heteroatoms. The van der Waals surface area contributed by atoms with Crippen LogP contribution in [0.3, 0.4) is 0 Å². The van der Waals surface area contributed by atoms with Gasteiger partial charge < -0.3 is 10.2 Å². The lowest BCUT2D eigenvalue weighted by Crippen LogP contribution is -2.02. The maximum absolute atomic E-state index is 11.2. The summed E-state index contributed by atoms with van der Waals surface area (Å²) >= 11 is 0. The molecule has 0 radical (unpaired) electrons. The molecule has 3 aromatic rings. The molecule has 0 atom stereocenters. The van der Waals surface area contributed by atoms with Gasteiger partial charge in [0.1, 0.15) is 0 Å². The van der Waals surface area contributed by atoms with Gasteiger partial charge in [0.25, 0.3) is 0 Å². The summed E-state index contributed by atoms with van der Waals surface area (Å²) in [6.45, 7) is 0. The largest absolute Gasteiger partial charge is 0.478 e. The van der Waals surface area contributed by atoms with Gasteiger partial charge in [-0.05, 0) is 30.3 Å². The number of rotatable bonds is 4. The predicted octanol–water partition coefficient (Wildman–Crippen LogP) is 2.94. The third-order valence-corrected chi connectivity index (χ3v) is 3.36. The smallest absolute Gasteiger partial charge is 0.356 e. The second-order valence-corrected chi connectivity index (χ2v) is 4.85. The highest BCUT2D eigenvalue weighted by molar-refractivity contribution is 5.89. The van der Waals surface area contributed by atoms with Gasteiger partial charge in [-0.2, -0.15) is 5.10 Å². The first-order chi connectivity index (χ1) is 11.1. The van der Waals surface area contributed by atoms with E-state index in [0.717, 1.165) is 5.69 Å². The van der Waals surface area contributed by atoms with Crippen LogP contribution >= 0.6 is 0 Å². The molecule has 2 N–H and O–H groups in total. The van der Waals surface area contributed by atoms with Gasteiger partial charge in [0.2, 0.25) is 0 Å². The number of aromatic carboxylic acids is 2. The Morgan fingerprint density at radius 1 is 0.870 bits per heavy atom. The molecule has 114 valence electrons. The van der Waals surface area contributed by atoms with Crippen LogP contribution in [-0.2, 0) is 0 Å². The summed E-state index contributed by atoms with van der Waals surface area (Å²) in [5, 5.41) is 22.3. The van der Waals surface area contributed by atoms with Crippen LogP contribution in [0.1, 0.15) is 20.8 Å². The van der Waals surface area contributed by atoms with Gasteiger partial charge in [-0.15, -0.1) is 0 Å². The van der Waals surface area contributed by atoms with Crippen molar-refractivity contribution in [2.24, 2.45) is 0 Å². The van der Waals surface area contributed by atoms with Gasteiger partial charge in [-0.25, -0.2) is 14.3 Å². The fraction of sp³-hybridized carbons (Fsp3) is 0.